The number of anilines is 1. The maximum atomic E-state index is 14.6. The summed E-state index contributed by atoms with van der Waals surface area (Å²) in [6.07, 6.45) is 1.61. The Kier molecular flexibility index (Phi) is 10.7. The highest BCUT2D eigenvalue weighted by Crippen LogP contribution is 2.45. The summed E-state index contributed by atoms with van der Waals surface area (Å²) in [5.74, 6) is 0.957. The van der Waals surface area contributed by atoms with Crippen LogP contribution in [0.5, 0.6) is 46.0 Å². The number of nitriles is 1. The number of hydrogen-bond donors (Lipinski definition) is 2. The molecule has 5 rings (SSSR count). The van der Waals surface area contributed by atoms with Gasteiger partial charge in [0.1, 0.15) is 22.0 Å². The quantitative estimate of drug-likeness (QED) is 0.220. The lowest BCUT2D eigenvalue weighted by molar-refractivity contribution is -0.111. The van der Waals surface area contributed by atoms with E-state index in [1.807, 2.05) is 0 Å². The summed E-state index contributed by atoms with van der Waals surface area (Å²) >= 11 is 1.02. The Morgan fingerprint density at radius 3 is 1.84 bits per heavy atom. The van der Waals surface area contributed by atoms with Crippen LogP contribution in [0.25, 0.3) is 17.5 Å². The van der Waals surface area contributed by atoms with Gasteiger partial charge in [-0.1, -0.05) is 0 Å². The lowest BCUT2D eigenvalue weighted by atomic mass is 9.83. The second kappa shape index (κ2) is 15.1. The summed E-state index contributed by atoms with van der Waals surface area (Å²) in [6.45, 7) is 0. The molecule has 15 heteroatoms. The molecule has 0 spiro atoms. The number of benzene rings is 3. The molecule has 3 aromatic carbocycles. The first kappa shape index (κ1) is 36.0. The molecule has 4 aromatic rings. The average Bonchev–Trinajstić information content (AvgIpc) is 3.48. The summed E-state index contributed by atoms with van der Waals surface area (Å²) in [6, 6.07) is 13.6. The number of hydrogen-bond acceptors (Lipinski definition) is 13. The number of rotatable bonds is 12. The Morgan fingerprint density at radius 1 is 0.804 bits per heavy atom. The smallest absolute Gasteiger partial charge is 0.274 e. The van der Waals surface area contributed by atoms with Crippen LogP contribution in [0.1, 0.15) is 17.0 Å². The van der Waals surface area contributed by atoms with Crippen LogP contribution in [0.3, 0.4) is 0 Å². The third kappa shape index (κ3) is 6.44. The largest absolute Gasteiger partial charge is 0.497 e. The van der Waals surface area contributed by atoms with E-state index in [0.29, 0.717) is 51.3 Å². The number of ether oxygens (including phenoxy) is 8. The van der Waals surface area contributed by atoms with Gasteiger partial charge in [-0.15, -0.1) is 11.3 Å². The molecule has 0 saturated heterocycles. The van der Waals surface area contributed by atoms with E-state index in [2.05, 4.69) is 11.4 Å². The van der Waals surface area contributed by atoms with Gasteiger partial charge in [0.25, 0.3) is 11.5 Å². The number of allylic oxidation sites excluding steroid dienone is 1. The van der Waals surface area contributed by atoms with E-state index >= 15 is 0 Å². The van der Waals surface area contributed by atoms with Gasteiger partial charge >= 0.3 is 0 Å². The Hall–Kier alpha value is -6.27. The van der Waals surface area contributed by atoms with Gasteiger partial charge in [0.05, 0.1) is 90.2 Å². The van der Waals surface area contributed by atoms with Gasteiger partial charge in [-0.25, -0.2) is 0 Å². The van der Waals surface area contributed by atoms with Crippen molar-refractivity contribution in [3.05, 3.63) is 78.7 Å². The van der Waals surface area contributed by atoms with Crippen molar-refractivity contribution in [2.45, 2.75) is 5.92 Å². The zero-order valence-corrected chi connectivity index (χ0v) is 30.0. The number of nitrogens with one attached hydrogen (secondary N) is 1. The van der Waals surface area contributed by atoms with Crippen LogP contribution >= 0.6 is 11.3 Å². The van der Waals surface area contributed by atoms with Crippen molar-refractivity contribution in [3.63, 3.8) is 0 Å². The summed E-state index contributed by atoms with van der Waals surface area (Å²) < 4.78 is 45.6. The number of carbonyl (C=O) groups excluding carboxylic acids is 1. The molecule has 1 aromatic heterocycles. The van der Waals surface area contributed by atoms with Crippen LogP contribution in [-0.4, -0.2) is 67.4 Å². The molecule has 266 valence electrons. The third-order valence-electron chi connectivity index (χ3n) is 8.18. The standard InChI is InChI=1S/C36H36N4O10S/c1-43-20-9-10-22(23(16-20)44-2)39-34(41)30-29(19-14-26(47-5)32(50-8)27(15-19)48-6)21(17-37)33(38)40-35(42)28(51-36(30)40)13-18-11-24(45-3)31(49-7)25(12-18)46-4/h9-16,29H,38H2,1-8H3,(H,39,41)/b28-13+. The minimum absolute atomic E-state index is 0.0529. The van der Waals surface area contributed by atoms with Crippen LogP contribution in [-0.2, 0) is 4.79 Å². The molecule has 3 N–H and O–H groups in total. The SMILES string of the molecule is COc1ccc(NC(=O)C2=c3s/c(=C/c4cc(OC)c(OC)c(OC)c4)c(=O)n3C(N)=C(C#N)C2c2cc(OC)c(OC)c(OC)c2)c(OC)c1. The highest BCUT2D eigenvalue weighted by molar-refractivity contribution is 7.07. The number of aromatic nitrogens is 1. The monoisotopic (exact) mass is 716 g/mol. The third-order valence-corrected chi connectivity index (χ3v) is 9.28. The molecule has 0 radical (unpaired) electrons. The van der Waals surface area contributed by atoms with Gasteiger partial charge < -0.3 is 48.9 Å². The first-order chi connectivity index (χ1) is 24.6. The first-order valence-corrected chi connectivity index (χ1v) is 16.0. The van der Waals surface area contributed by atoms with E-state index in [4.69, 9.17) is 43.6 Å². The van der Waals surface area contributed by atoms with Crippen LogP contribution in [0, 0.1) is 11.3 Å². The number of amides is 1. The van der Waals surface area contributed by atoms with Crippen LogP contribution < -0.4 is 63.7 Å². The fourth-order valence-electron chi connectivity index (χ4n) is 5.80. The fraction of sp³-hybridized carbons (Fsp3) is 0.250. The van der Waals surface area contributed by atoms with Crippen LogP contribution in [0.2, 0.25) is 0 Å². The molecule has 14 nitrogen and oxygen atoms in total. The van der Waals surface area contributed by atoms with Gasteiger partial charge in [0.15, 0.2) is 23.0 Å². The summed E-state index contributed by atoms with van der Waals surface area (Å²) in [4.78, 5) is 28.7. The number of carbonyl (C=O) groups is 1. The van der Waals surface area contributed by atoms with Gasteiger partial charge in [0, 0.05) is 6.07 Å². The van der Waals surface area contributed by atoms with Crippen molar-refractivity contribution in [2.75, 3.05) is 62.2 Å². The normalized spacial score (nSPS) is 13.9. The van der Waals surface area contributed by atoms with Gasteiger partial charge in [-0.05, 0) is 53.6 Å². The topological polar surface area (TPSA) is 175 Å². The van der Waals surface area contributed by atoms with E-state index in [1.54, 1.807) is 48.5 Å². The molecule has 1 amide bonds. The summed E-state index contributed by atoms with van der Waals surface area (Å²) in [7, 11) is 11.8. The highest BCUT2D eigenvalue weighted by Gasteiger charge is 2.37. The molecule has 0 saturated carbocycles. The highest BCUT2D eigenvalue weighted by atomic mass is 32.1. The molecule has 2 heterocycles. The lowest BCUT2D eigenvalue weighted by Crippen LogP contribution is -2.40. The number of nitrogens with two attached hydrogens (primary N) is 1. The molecule has 1 unspecified atom stereocenters. The molecular weight excluding hydrogens is 680 g/mol. The molecule has 0 bridgehead atoms. The van der Waals surface area contributed by atoms with Crippen LogP contribution in [0.15, 0.2) is 52.8 Å². The Labute approximate surface area is 297 Å². The average molecular weight is 717 g/mol. The van der Waals surface area contributed by atoms with E-state index < -0.39 is 17.4 Å². The minimum Gasteiger partial charge on any atom is -0.497 e. The van der Waals surface area contributed by atoms with Crippen molar-refractivity contribution in [1.29, 1.82) is 5.26 Å². The molecule has 1 aliphatic heterocycles. The lowest BCUT2D eigenvalue weighted by Gasteiger charge is -2.26. The zero-order valence-electron chi connectivity index (χ0n) is 29.2. The maximum Gasteiger partial charge on any atom is 0.274 e. The summed E-state index contributed by atoms with van der Waals surface area (Å²) in [5.41, 5.74) is 7.37. The van der Waals surface area contributed by atoms with Gasteiger partial charge in [0.2, 0.25) is 11.5 Å². The Bertz CT molecular complexity index is 2220. The predicted octanol–water partition coefficient (Wildman–Crippen LogP) is 3.05. The second-order valence-corrected chi connectivity index (χ2v) is 11.8. The number of methoxy groups -OCH3 is 8. The maximum absolute atomic E-state index is 14.6. The molecule has 1 atom stereocenters. The molecular formula is C36H36N4O10S. The van der Waals surface area contributed by atoms with Crippen molar-refractivity contribution in [2.24, 2.45) is 5.73 Å². The predicted molar refractivity (Wildman–Crippen MR) is 191 cm³/mol. The van der Waals surface area contributed by atoms with E-state index in [-0.39, 0.29) is 37.7 Å². The Balaban J connectivity index is 1.86. The van der Waals surface area contributed by atoms with E-state index in [1.165, 1.54) is 61.4 Å². The molecule has 0 fully saturated rings. The molecule has 1 aliphatic rings. The van der Waals surface area contributed by atoms with Gasteiger partial charge in [-0.2, -0.15) is 5.26 Å². The second-order valence-electron chi connectivity index (χ2n) is 10.8. The summed E-state index contributed by atoms with van der Waals surface area (Å²) in [5, 5.41) is 13.5. The first-order valence-electron chi connectivity index (χ1n) is 15.1. The van der Waals surface area contributed by atoms with E-state index in [0.717, 1.165) is 11.3 Å². The molecule has 51 heavy (non-hydrogen) atoms. The Morgan fingerprint density at radius 2 is 1.35 bits per heavy atom. The number of fused-ring (bicyclic) bond motifs is 1. The number of thiazole rings is 1. The van der Waals surface area contributed by atoms with Crippen molar-refractivity contribution in [3.8, 4) is 52.1 Å². The zero-order chi connectivity index (χ0) is 37.0. The molecule has 0 aliphatic carbocycles. The van der Waals surface area contributed by atoms with Crippen molar-refractivity contribution < 1.29 is 42.7 Å². The number of nitrogens with zero attached hydrogens (tertiary/aromatic N) is 2. The fourth-order valence-corrected chi connectivity index (χ4v) is 6.97. The van der Waals surface area contributed by atoms with Crippen LogP contribution in [0.4, 0.5) is 5.69 Å². The van der Waals surface area contributed by atoms with Gasteiger partial charge in [-0.3, -0.25) is 14.2 Å². The minimum atomic E-state index is -1.08. The van der Waals surface area contributed by atoms with Crippen molar-refractivity contribution >= 4 is 40.4 Å². The van der Waals surface area contributed by atoms with Crippen molar-refractivity contribution in [1.82, 2.24) is 4.57 Å². The van der Waals surface area contributed by atoms with E-state index in [9.17, 15) is 14.9 Å².